The van der Waals surface area contributed by atoms with Gasteiger partial charge in [0.05, 0.1) is 0 Å². The van der Waals surface area contributed by atoms with Crippen molar-refractivity contribution >= 4 is 0 Å². The monoisotopic (exact) mass is 355 g/mol. The molecule has 0 aliphatic heterocycles. The maximum Gasteiger partial charge on any atom is 0 e. The van der Waals surface area contributed by atoms with Gasteiger partial charge in [-0.3, -0.25) is 0 Å². The SMILES string of the molecule is [Am].[F-].[F-].[F-].[F-].[F-].[F-]. The normalized spacial score (nSPS) is 0. The third-order valence-corrected chi connectivity index (χ3v) is 0. The zero-order chi connectivity index (χ0) is 0. The molecule has 1 radical (unpaired) electrons. The molecule has 0 fully saturated rings. The van der Waals surface area contributed by atoms with Gasteiger partial charge in [0.2, 0.25) is 0 Å². The van der Waals surface area contributed by atoms with E-state index in [1.807, 2.05) is 0 Å². The second-order valence-corrected chi connectivity index (χ2v) is 0. The van der Waals surface area contributed by atoms with Crippen LogP contribution in [0.1, 0.15) is 0 Å². The molecule has 0 nitrogen and oxygen atoms in total. The smallest absolute Gasteiger partial charge is 0 e. The fourth-order valence-corrected chi connectivity index (χ4v) is 0. The van der Waals surface area contributed by atoms with Gasteiger partial charge in [-0.15, -0.1) is 0 Å². The standard InChI is InChI=1S/Am.6FH/h;6*1H/p-6. The second kappa shape index (κ2) is 160000. The van der Waals surface area contributed by atoms with Gasteiger partial charge in [-0.1, -0.05) is 0 Å². The minimum atomic E-state index is 0. The van der Waals surface area contributed by atoms with Crippen molar-refractivity contribution in [1.82, 2.24) is 0 Å². The maximum absolute atomic E-state index is 0. The summed E-state index contributed by atoms with van der Waals surface area (Å²) in [7, 11) is 0. The average Bonchev–Trinajstić information content (AvgIpc) is 0. The molecule has 0 spiro atoms. The summed E-state index contributed by atoms with van der Waals surface area (Å²) in [6.07, 6.45) is 0. The van der Waals surface area contributed by atoms with Crippen LogP contribution in [0.15, 0.2) is 0 Å². The molecule has 0 aromatic carbocycles. The summed E-state index contributed by atoms with van der Waals surface area (Å²) in [4.78, 5) is 0. The van der Waals surface area contributed by atoms with Crippen LogP contribution in [0.4, 0.5) is 0 Å². The van der Waals surface area contributed by atoms with Crippen LogP contribution in [-0.4, -0.2) is 0 Å². The van der Waals surface area contributed by atoms with E-state index in [0.29, 0.717) is 0 Å². The molecule has 0 rings (SSSR count). The minimum absolute atomic E-state index is 0. The van der Waals surface area contributed by atoms with Gasteiger partial charge in [0, 0.05) is 14.3 Å². The third-order valence-electron chi connectivity index (χ3n) is 0. The molecule has 0 N–H and O–H groups in total. The molecule has 0 heterocycles. The Morgan fingerprint density at radius 3 is 0.286 bits per heavy atom. The molecule has 55 valence electrons. The maximum atomic E-state index is 0. The number of hydrogen-bond acceptors (Lipinski definition) is 0. The van der Waals surface area contributed by atoms with Crippen molar-refractivity contribution in [2.45, 2.75) is 0 Å². The second-order valence-electron chi connectivity index (χ2n) is 0. The van der Waals surface area contributed by atoms with Crippen LogP contribution in [0.3, 0.4) is 0 Å². The van der Waals surface area contributed by atoms with Gasteiger partial charge in [0.15, 0.2) is 0 Å². The molecule has 7 heteroatoms. The van der Waals surface area contributed by atoms with Crippen LogP contribution in [0.2, 0.25) is 0 Å². The molecule has 0 atom stereocenters. The first-order valence-corrected chi connectivity index (χ1v) is 0. The van der Waals surface area contributed by atoms with Crippen molar-refractivity contribution in [3.63, 3.8) is 0 Å². The molecule has 0 saturated carbocycles. The summed E-state index contributed by atoms with van der Waals surface area (Å²) in [5.41, 5.74) is 0. The molecule has 0 aliphatic rings. The summed E-state index contributed by atoms with van der Waals surface area (Å²) in [5.74, 6) is 0. The van der Waals surface area contributed by atoms with Gasteiger partial charge >= 0.3 is 0 Å². The van der Waals surface area contributed by atoms with E-state index in [1.54, 1.807) is 0 Å². The summed E-state index contributed by atoms with van der Waals surface area (Å²) in [6.45, 7) is 0. The fraction of sp³-hybridized carbons (Fsp3) is 0. The zero-order valence-corrected chi connectivity index (χ0v) is 5.79. The van der Waals surface area contributed by atoms with Crippen molar-refractivity contribution < 1.29 is 42.5 Å². The number of rotatable bonds is 0. The van der Waals surface area contributed by atoms with Gasteiger partial charge in [0.25, 0.3) is 0 Å². The van der Waals surface area contributed by atoms with Crippen LogP contribution >= 0.6 is 0 Å². The van der Waals surface area contributed by atoms with E-state index in [9.17, 15) is 0 Å². The largest absolute Gasteiger partial charge is 1.00 e. The van der Waals surface area contributed by atoms with Crippen LogP contribution in [0.25, 0.3) is 0 Å². The van der Waals surface area contributed by atoms with E-state index in [2.05, 4.69) is 0 Å². The Morgan fingerprint density at radius 2 is 0.286 bits per heavy atom. The predicted octanol–water partition coefficient (Wildman–Crippen LogP) is -18.0. The van der Waals surface area contributed by atoms with Gasteiger partial charge < -0.3 is 28.2 Å². The van der Waals surface area contributed by atoms with E-state index in [4.69, 9.17) is 0 Å². The third kappa shape index (κ3) is 102000. The fourth-order valence-electron chi connectivity index (χ4n) is 0. The van der Waals surface area contributed by atoms with Crippen molar-refractivity contribution in [3.8, 4) is 0 Å². The Labute approximate surface area is 43.7 Å². The quantitative estimate of drug-likeness (QED) is 0.378. The van der Waals surface area contributed by atoms with Crippen molar-refractivity contribution in [2.24, 2.45) is 0 Å². The molecular formula is AmF6-6. The first kappa shape index (κ1) is 269000. The molecule has 7 heavy (non-hydrogen) atoms. The van der Waals surface area contributed by atoms with E-state index in [1.165, 1.54) is 0 Å². The van der Waals surface area contributed by atoms with Crippen molar-refractivity contribution in [3.05, 3.63) is 0 Å². The number of hydrogen-bond donors (Lipinski definition) is 0. The van der Waals surface area contributed by atoms with Crippen molar-refractivity contribution in [2.75, 3.05) is 0 Å². The summed E-state index contributed by atoms with van der Waals surface area (Å²) < 4.78 is 0. The topological polar surface area (TPSA) is 0 Å². The molecule has 0 aliphatic carbocycles. The van der Waals surface area contributed by atoms with Crippen LogP contribution in [-0.2, 0) is 0 Å². The van der Waals surface area contributed by atoms with Gasteiger partial charge in [-0.25, -0.2) is 0 Å². The minimum Gasteiger partial charge on any atom is -1.00 e. The van der Waals surface area contributed by atoms with Crippen molar-refractivity contribution in [1.29, 1.82) is 0 Å². The van der Waals surface area contributed by atoms with Crippen LogP contribution in [0, 0.1) is 14.3 Å². The molecule has 0 amide bonds. The molecule has 0 saturated heterocycles. The van der Waals surface area contributed by atoms with Gasteiger partial charge in [-0.2, -0.15) is 0 Å². The molecule has 0 bridgehead atoms. The summed E-state index contributed by atoms with van der Waals surface area (Å²) in [6, 6.07) is 0. The summed E-state index contributed by atoms with van der Waals surface area (Å²) in [5, 5.41) is 0. The van der Waals surface area contributed by atoms with Gasteiger partial charge in [-0.05, 0) is 0 Å². The Kier molecular flexibility index (Phi) is 6130000000. The molecule has 0 unspecified atom stereocenters. The average molecular weight is 357 g/mol. The van der Waals surface area contributed by atoms with Crippen LogP contribution < -0.4 is 28.2 Å². The Bertz CT molecular complexity index is 4.14. The van der Waals surface area contributed by atoms with E-state index >= 15 is 0 Å². The van der Waals surface area contributed by atoms with Crippen LogP contribution in [0.5, 0.6) is 0 Å². The Morgan fingerprint density at radius 1 is 0.286 bits per heavy atom. The first-order valence-electron chi connectivity index (χ1n) is 0. The van der Waals surface area contributed by atoms with E-state index < -0.39 is 0 Å². The first-order chi connectivity index (χ1) is 0. The molecular weight excluding hydrogens is 357 g/mol. The molecule has 0 aromatic heterocycles. The summed E-state index contributed by atoms with van der Waals surface area (Å²) >= 11 is 0. The number of halogens is 6. The van der Waals surface area contributed by atoms with E-state index in [-0.39, 0.29) is 42.5 Å². The Balaban J connectivity index is 0. The predicted molar refractivity (Wildman–Crippen MR) is 0 cm³/mol. The molecule has 0 aromatic rings. The van der Waals surface area contributed by atoms with E-state index in [0.717, 1.165) is 0 Å². The van der Waals surface area contributed by atoms with Gasteiger partial charge in [0.1, 0.15) is 0 Å². The zero-order valence-electron chi connectivity index (χ0n) is 2.65. The Hall–Kier alpha value is -0.0304.